The van der Waals surface area contributed by atoms with Crippen molar-refractivity contribution in [3.05, 3.63) is 33.8 Å². The van der Waals surface area contributed by atoms with Gasteiger partial charge in [0.15, 0.2) is 0 Å². The lowest BCUT2D eigenvalue weighted by Gasteiger charge is -2.09. The van der Waals surface area contributed by atoms with Crippen LogP contribution < -0.4 is 5.32 Å². The van der Waals surface area contributed by atoms with Crippen molar-refractivity contribution in [2.24, 2.45) is 0 Å². The van der Waals surface area contributed by atoms with Gasteiger partial charge in [0, 0.05) is 28.9 Å². The zero-order chi connectivity index (χ0) is 12.8. The minimum absolute atomic E-state index is 0.233. The van der Waals surface area contributed by atoms with Crippen LogP contribution in [0.3, 0.4) is 0 Å². The number of benzene rings is 1. The molecule has 0 fully saturated rings. The molecule has 0 aromatic heterocycles. The average molecular weight is 294 g/mol. The van der Waals surface area contributed by atoms with Gasteiger partial charge < -0.3 is 5.32 Å². The second-order valence-corrected chi connectivity index (χ2v) is 6.64. The van der Waals surface area contributed by atoms with Crippen molar-refractivity contribution in [1.82, 2.24) is 5.32 Å². The second kappa shape index (κ2) is 7.37. The van der Waals surface area contributed by atoms with E-state index in [4.69, 9.17) is 23.2 Å². The highest BCUT2D eigenvalue weighted by Gasteiger charge is 2.05. The van der Waals surface area contributed by atoms with E-state index in [0.29, 0.717) is 10.0 Å². The Kier molecular flexibility index (Phi) is 6.49. The van der Waals surface area contributed by atoms with Crippen LogP contribution in [0.15, 0.2) is 18.2 Å². The summed E-state index contributed by atoms with van der Waals surface area (Å²) in [5.41, 5.74) is 1.10. The molecule has 0 radical (unpaired) electrons. The molecular weight excluding hydrogens is 277 g/mol. The van der Waals surface area contributed by atoms with Crippen LogP contribution in [0.25, 0.3) is 0 Å². The third kappa shape index (κ3) is 5.38. The Labute approximate surface area is 115 Å². The molecule has 1 N–H and O–H groups in total. The molecule has 0 amide bonds. The van der Waals surface area contributed by atoms with Crippen molar-refractivity contribution >= 4 is 34.0 Å². The van der Waals surface area contributed by atoms with Crippen LogP contribution in [-0.2, 0) is 17.3 Å². The summed E-state index contributed by atoms with van der Waals surface area (Å²) in [7, 11) is -0.744. The fraction of sp³-hybridized carbons (Fsp3) is 0.500. The SMILES string of the molecule is CC(CCNCc1ccc(Cl)c(Cl)c1)S(C)=O. The second-order valence-electron chi connectivity index (χ2n) is 4.02. The van der Waals surface area contributed by atoms with E-state index in [1.807, 2.05) is 19.1 Å². The molecule has 1 aromatic carbocycles. The molecular formula is C12H17Cl2NOS. The van der Waals surface area contributed by atoms with Crippen molar-refractivity contribution in [3.8, 4) is 0 Å². The zero-order valence-corrected chi connectivity index (χ0v) is 12.3. The van der Waals surface area contributed by atoms with E-state index >= 15 is 0 Å². The first kappa shape index (κ1) is 15.0. The molecule has 0 bridgehead atoms. The maximum absolute atomic E-state index is 11.1. The maximum atomic E-state index is 11.1. The van der Waals surface area contributed by atoms with E-state index in [1.54, 1.807) is 12.3 Å². The van der Waals surface area contributed by atoms with Crippen LogP contribution in [-0.4, -0.2) is 22.3 Å². The van der Waals surface area contributed by atoms with Gasteiger partial charge in [-0.2, -0.15) is 0 Å². The molecule has 2 nitrogen and oxygen atoms in total. The summed E-state index contributed by atoms with van der Waals surface area (Å²) < 4.78 is 11.1. The molecule has 0 aliphatic rings. The van der Waals surface area contributed by atoms with Crippen LogP contribution in [0.5, 0.6) is 0 Å². The van der Waals surface area contributed by atoms with Gasteiger partial charge >= 0.3 is 0 Å². The van der Waals surface area contributed by atoms with Crippen molar-refractivity contribution in [2.75, 3.05) is 12.8 Å². The quantitative estimate of drug-likeness (QED) is 0.816. The Morgan fingerprint density at radius 1 is 1.35 bits per heavy atom. The smallest absolute Gasteiger partial charge is 0.0595 e. The third-order valence-corrected chi connectivity index (χ3v) is 4.72. The van der Waals surface area contributed by atoms with Crippen LogP contribution in [0.2, 0.25) is 10.0 Å². The minimum Gasteiger partial charge on any atom is -0.313 e. The van der Waals surface area contributed by atoms with E-state index in [-0.39, 0.29) is 5.25 Å². The molecule has 0 heterocycles. The van der Waals surface area contributed by atoms with Crippen LogP contribution in [0, 0.1) is 0 Å². The van der Waals surface area contributed by atoms with Crippen molar-refractivity contribution < 1.29 is 4.21 Å². The van der Waals surface area contributed by atoms with E-state index in [2.05, 4.69) is 5.32 Å². The molecule has 0 saturated heterocycles. The largest absolute Gasteiger partial charge is 0.313 e. The molecule has 0 aliphatic heterocycles. The van der Waals surface area contributed by atoms with Crippen molar-refractivity contribution in [1.29, 1.82) is 0 Å². The Hall–Kier alpha value is -0.0900. The standard InChI is InChI=1S/C12H17Cl2NOS/c1-9(17(2)16)5-6-15-8-10-3-4-11(13)12(14)7-10/h3-4,7,9,15H,5-6,8H2,1-2H3. The molecule has 17 heavy (non-hydrogen) atoms. The van der Waals surface area contributed by atoms with E-state index in [0.717, 1.165) is 25.1 Å². The minimum atomic E-state index is -0.744. The first-order valence-electron chi connectivity index (χ1n) is 5.47. The molecule has 0 spiro atoms. The van der Waals surface area contributed by atoms with E-state index in [1.165, 1.54) is 0 Å². The fourth-order valence-corrected chi connectivity index (χ4v) is 2.12. The molecule has 0 aliphatic carbocycles. The highest BCUT2D eigenvalue weighted by molar-refractivity contribution is 7.84. The van der Waals surface area contributed by atoms with Gasteiger partial charge in [0.1, 0.15) is 0 Å². The molecule has 1 rings (SSSR count). The van der Waals surface area contributed by atoms with Gasteiger partial charge in [-0.25, -0.2) is 0 Å². The predicted molar refractivity (Wildman–Crippen MR) is 76.3 cm³/mol. The summed E-state index contributed by atoms with van der Waals surface area (Å²) in [5.74, 6) is 0. The summed E-state index contributed by atoms with van der Waals surface area (Å²) in [6.45, 7) is 3.60. The topological polar surface area (TPSA) is 29.1 Å². The maximum Gasteiger partial charge on any atom is 0.0595 e. The van der Waals surface area contributed by atoms with Gasteiger partial charge in [-0.3, -0.25) is 4.21 Å². The average Bonchev–Trinajstić information content (AvgIpc) is 2.28. The first-order chi connectivity index (χ1) is 8.00. The number of rotatable bonds is 6. The van der Waals surface area contributed by atoms with Gasteiger partial charge in [0.05, 0.1) is 10.0 Å². The molecule has 96 valence electrons. The normalized spacial score (nSPS) is 14.6. The predicted octanol–water partition coefficient (Wildman–Crippen LogP) is 3.24. The number of halogens is 2. The molecule has 2 atom stereocenters. The molecule has 0 saturated carbocycles. The summed E-state index contributed by atoms with van der Waals surface area (Å²) in [4.78, 5) is 0. The third-order valence-electron chi connectivity index (χ3n) is 2.61. The summed E-state index contributed by atoms with van der Waals surface area (Å²) in [5, 5.41) is 4.68. The lowest BCUT2D eigenvalue weighted by Crippen LogP contribution is -2.20. The lowest BCUT2D eigenvalue weighted by molar-refractivity contribution is 0.629. The van der Waals surface area contributed by atoms with Gasteiger partial charge in [-0.15, -0.1) is 0 Å². The highest BCUT2D eigenvalue weighted by atomic mass is 35.5. The van der Waals surface area contributed by atoms with Crippen LogP contribution in [0.4, 0.5) is 0 Å². The fourth-order valence-electron chi connectivity index (χ4n) is 1.35. The van der Waals surface area contributed by atoms with Crippen LogP contribution >= 0.6 is 23.2 Å². The molecule has 2 unspecified atom stereocenters. The van der Waals surface area contributed by atoms with Crippen molar-refractivity contribution in [3.63, 3.8) is 0 Å². The van der Waals surface area contributed by atoms with Gasteiger partial charge in [0.2, 0.25) is 0 Å². The summed E-state index contributed by atoms with van der Waals surface area (Å²) >= 11 is 11.8. The van der Waals surface area contributed by atoms with Gasteiger partial charge in [0.25, 0.3) is 0 Å². The molecule has 1 aromatic rings. The first-order valence-corrected chi connectivity index (χ1v) is 7.85. The number of hydrogen-bond acceptors (Lipinski definition) is 2. The van der Waals surface area contributed by atoms with E-state index in [9.17, 15) is 4.21 Å². The summed E-state index contributed by atoms with van der Waals surface area (Å²) in [6.07, 6.45) is 2.65. The lowest BCUT2D eigenvalue weighted by atomic mass is 10.2. The Morgan fingerprint density at radius 3 is 2.65 bits per heavy atom. The Bertz CT molecular complexity index is 398. The highest BCUT2D eigenvalue weighted by Crippen LogP contribution is 2.22. The zero-order valence-electron chi connectivity index (χ0n) is 10.0. The summed E-state index contributed by atoms with van der Waals surface area (Å²) in [6, 6.07) is 5.60. The Balaban J connectivity index is 2.31. The van der Waals surface area contributed by atoms with Gasteiger partial charge in [-0.1, -0.05) is 36.2 Å². The Morgan fingerprint density at radius 2 is 2.06 bits per heavy atom. The van der Waals surface area contributed by atoms with Gasteiger partial charge in [-0.05, 0) is 30.7 Å². The van der Waals surface area contributed by atoms with Crippen LogP contribution in [0.1, 0.15) is 18.9 Å². The molecule has 5 heteroatoms. The van der Waals surface area contributed by atoms with E-state index < -0.39 is 10.8 Å². The number of hydrogen-bond donors (Lipinski definition) is 1. The monoisotopic (exact) mass is 293 g/mol. The van der Waals surface area contributed by atoms with Crippen molar-refractivity contribution in [2.45, 2.75) is 25.1 Å². The number of nitrogens with one attached hydrogen (secondary N) is 1.